The van der Waals surface area contributed by atoms with Gasteiger partial charge in [-0.15, -0.1) is 11.6 Å². The number of hydrogen-bond acceptors (Lipinski definition) is 2. The molecule has 0 saturated heterocycles. The van der Waals surface area contributed by atoms with Crippen molar-refractivity contribution in [3.63, 3.8) is 0 Å². The number of hydrogen-bond donors (Lipinski definition) is 0. The summed E-state index contributed by atoms with van der Waals surface area (Å²) in [6.45, 7) is 0. The van der Waals surface area contributed by atoms with Crippen LogP contribution in [0.3, 0.4) is 0 Å². The molecule has 0 aliphatic carbocycles. The van der Waals surface area contributed by atoms with Crippen molar-refractivity contribution in [1.82, 2.24) is 9.78 Å². The van der Waals surface area contributed by atoms with Crippen LogP contribution in [0.15, 0.2) is 30.5 Å². The van der Waals surface area contributed by atoms with Crippen LogP contribution in [0.4, 0.5) is 0 Å². The van der Waals surface area contributed by atoms with E-state index in [4.69, 9.17) is 16.3 Å². The molecule has 0 atom stereocenters. The van der Waals surface area contributed by atoms with Crippen LogP contribution in [-0.4, -0.2) is 16.9 Å². The summed E-state index contributed by atoms with van der Waals surface area (Å²) in [5, 5.41) is 4.40. The van der Waals surface area contributed by atoms with Crippen LogP contribution in [-0.2, 0) is 12.9 Å². The van der Waals surface area contributed by atoms with Gasteiger partial charge in [0.1, 0.15) is 5.75 Å². The summed E-state index contributed by atoms with van der Waals surface area (Å²) in [7, 11) is 3.54. The number of aromatic nitrogens is 2. The van der Waals surface area contributed by atoms with Gasteiger partial charge in [0, 0.05) is 24.4 Å². The van der Waals surface area contributed by atoms with E-state index < -0.39 is 0 Å². The molecule has 1 aromatic heterocycles. The normalized spacial score (nSPS) is 10.4. The minimum absolute atomic E-state index is 0.467. The zero-order valence-electron chi connectivity index (χ0n) is 9.27. The maximum Gasteiger partial charge on any atom is 0.118 e. The maximum atomic E-state index is 5.88. The predicted molar refractivity (Wildman–Crippen MR) is 64.8 cm³/mol. The number of alkyl halides is 1. The van der Waals surface area contributed by atoms with Crippen LogP contribution in [0, 0.1) is 0 Å². The highest BCUT2D eigenvalue weighted by atomic mass is 35.5. The first kappa shape index (κ1) is 11.0. The van der Waals surface area contributed by atoms with Crippen molar-refractivity contribution in [1.29, 1.82) is 0 Å². The summed E-state index contributed by atoms with van der Waals surface area (Å²) in [5.74, 6) is 1.31. The predicted octanol–water partition coefficient (Wildman–Crippen LogP) is 2.83. The fourth-order valence-electron chi connectivity index (χ4n) is 1.63. The van der Waals surface area contributed by atoms with Gasteiger partial charge in [0.15, 0.2) is 0 Å². The van der Waals surface area contributed by atoms with Crippen molar-refractivity contribution in [3.8, 4) is 17.0 Å². The van der Waals surface area contributed by atoms with Crippen LogP contribution in [0.5, 0.6) is 5.75 Å². The molecule has 0 aliphatic heterocycles. The van der Waals surface area contributed by atoms with E-state index in [2.05, 4.69) is 5.10 Å². The van der Waals surface area contributed by atoms with Crippen molar-refractivity contribution >= 4 is 11.6 Å². The van der Waals surface area contributed by atoms with Crippen molar-refractivity contribution < 1.29 is 4.74 Å². The van der Waals surface area contributed by atoms with Gasteiger partial charge in [0.25, 0.3) is 0 Å². The fourth-order valence-corrected chi connectivity index (χ4v) is 1.82. The molecule has 0 amide bonds. The maximum absolute atomic E-state index is 5.88. The van der Waals surface area contributed by atoms with E-state index in [9.17, 15) is 0 Å². The zero-order valence-corrected chi connectivity index (χ0v) is 10.0. The first-order valence-electron chi connectivity index (χ1n) is 4.97. The molecule has 2 aromatic rings. The van der Waals surface area contributed by atoms with Gasteiger partial charge in [-0.2, -0.15) is 5.10 Å². The quantitative estimate of drug-likeness (QED) is 0.767. The van der Waals surface area contributed by atoms with Gasteiger partial charge < -0.3 is 4.74 Å². The molecule has 0 bridgehead atoms. The molecule has 1 heterocycles. The molecule has 3 nitrogen and oxygen atoms in total. The Morgan fingerprint density at radius 1 is 1.31 bits per heavy atom. The number of nitrogens with zero attached hydrogens (tertiary/aromatic N) is 2. The van der Waals surface area contributed by atoms with Crippen LogP contribution in [0.1, 0.15) is 5.56 Å². The Kier molecular flexibility index (Phi) is 3.15. The molecule has 0 aliphatic rings. The average molecular weight is 237 g/mol. The third-order valence-electron chi connectivity index (χ3n) is 2.41. The van der Waals surface area contributed by atoms with Crippen molar-refractivity contribution in [2.75, 3.05) is 7.11 Å². The third-order valence-corrected chi connectivity index (χ3v) is 2.70. The first-order chi connectivity index (χ1) is 7.74. The summed E-state index contributed by atoms with van der Waals surface area (Å²) in [6, 6.07) is 7.80. The molecular formula is C12H13ClN2O. The second kappa shape index (κ2) is 4.58. The van der Waals surface area contributed by atoms with Gasteiger partial charge >= 0.3 is 0 Å². The fraction of sp³-hybridized carbons (Fsp3) is 0.250. The highest BCUT2D eigenvalue weighted by Crippen LogP contribution is 2.25. The standard InChI is InChI=1S/C12H13ClN2O/c1-15-8-10(7-13)12(14-15)9-3-5-11(16-2)6-4-9/h3-6,8H,7H2,1-2H3. The van der Waals surface area contributed by atoms with Crippen molar-refractivity contribution in [3.05, 3.63) is 36.0 Å². The van der Waals surface area contributed by atoms with Gasteiger partial charge in [0.2, 0.25) is 0 Å². The first-order valence-corrected chi connectivity index (χ1v) is 5.51. The summed E-state index contributed by atoms with van der Waals surface area (Å²) >= 11 is 5.88. The monoisotopic (exact) mass is 236 g/mol. The smallest absolute Gasteiger partial charge is 0.118 e. The number of benzene rings is 1. The van der Waals surface area contributed by atoms with E-state index in [1.54, 1.807) is 11.8 Å². The highest BCUT2D eigenvalue weighted by Gasteiger charge is 2.08. The lowest BCUT2D eigenvalue weighted by molar-refractivity contribution is 0.415. The summed E-state index contributed by atoms with van der Waals surface area (Å²) < 4.78 is 6.89. The molecule has 0 saturated carbocycles. The Labute approximate surface area is 99.6 Å². The minimum atomic E-state index is 0.467. The highest BCUT2D eigenvalue weighted by molar-refractivity contribution is 6.17. The Morgan fingerprint density at radius 2 is 2.00 bits per heavy atom. The van der Waals surface area contributed by atoms with Gasteiger partial charge in [-0.25, -0.2) is 0 Å². The average Bonchev–Trinajstić information content (AvgIpc) is 2.70. The van der Waals surface area contributed by atoms with E-state index in [-0.39, 0.29) is 0 Å². The Balaban J connectivity index is 2.41. The zero-order chi connectivity index (χ0) is 11.5. The largest absolute Gasteiger partial charge is 0.497 e. The second-order valence-corrected chi connectivity index (χ2v) is 3.81. The number of ether oxygens (including phenoxy) is 1. The van der Waals surface area contributed by atoms with Crippen LogP contribution < -0.4 is 4.74 Å². The Morgan fingerprint density at radius 3 is 2.56 bits per heavy atom. The number of halogens is 1. The molecule has 1 aromatic carbocycles. The molecular weight excluding hydrogens is 224 g/mol. The SMILES string of the molecule is COc1ccc(-c2nn(C)cc2CCl)cc1. The van der Waals surface area contributed by atoms with Crippen molar-refractivity contribution in [2.24, 2.45) is 7.05 Å². The van der Waals surface area contributed by atoms with Gasteiger partial charge in [-0.1, -0.05) is 0 Å². The van der Waals surface area contributed by atoms with Gasteiger partial charge in [-0.3, -0.25) is 4.68 Å². The lowest BCUT2D eigenvalue weighted by atomic mass is 10.1. The van der Waals surface area contributed by atoms with Gasteiger partial charge in [-0.05, 0) is 24.3 Å². The van der Waals surface area contributed by atoms with Crippen LogP contribution >= 0.6 is 11.6 Å². The van der Waals surface area contributed by atoms with E-state index in [0.29, 0.717) is 5.88 Å². The molecule has 0 spiro atoms. The second-order valence-electron chi connectivity index (χ2n) is 3.54. The molecule has 4 heteroatoms. The topological polar surface area (TPSA) is 27.1 Å². The number of rotatable bonds is 3. The van der Waals surface area contributed by atoms with Crippen LogP contribution in [0.2, 0.25) is 0 Å². The van der Waals surface area contributed by atoms with Gasteiger partial charge in [0.05, 0.1) is 18.7 Å². The van der Waals surface area contributed by atoms with Crippen molar-refractivity contribution in [2.45, 2.75) is 5.88 Å². The van der Waals surface area contributed by atoms with E-state index in [1.807, 2.05) is 37.5 Å². The lowest BCUT2D eigenvalue weighted by Gasteiger charge is -2.02. The summed E-state index contributed by atoms with van der Waals surface area (Å²) in [5.41, 5.74) is 3.02. The minimum Gasteiger partial charge on any atom is -0.497 e. The van der Waals surface area contributed by atoms with E-state index in [0.717, 1.165) is 22.6 Å². The molecule has 0 N–H and O–H groups in total. The summed E-state index contributed by atoms with van der Waals surface area (Å²) in [6.07, 6.45) is 1.94. The van der Waals surface area contributed by atoms with Crippen LogP contribution in [0.25, 0.3) is 11.3 Å². The summed E-state index contributed by atoms with van der Waals surface area (Å²) in [4.78, 5) is 0. The lowest BCUT2D eigenvalue weighted by Crippen LogP contribution is -1.88. The molecule has 84 valence electrons. The number of methoxy groups -OCH3 is 1. The third kappa shape index (κ3) is 2.04. The molecule has 0 unspecified atom stereocenters. The van der Waals surface area contributed by atoms with E-state index >= 15 is 0 Å². The molecule has 16 heavy (non-hydrogen) atoms. The Bertz CT molecular complexity index is 476. The molecule has 0 fully saturated rings. The molecule has 2 rings (SSSR count). The van der Waals surface area contributed by atoms with E-state index in [1.165, 1.54) is 0 Å². The number of aryl methyl sites for hydroxylation is 1. The molecule has 0 radical (unpaired) electrons. The Hall–Kier alpha value is -1.48.